The van der Waals surface area contributed by atoms with Crippen LogP contribution in [-0.2, 0) is 32.5 Å². The van der Waals surface area contributed by atoms with Gasteiger partial charge in [0.05, 0.1) is 11.4 Å². The van der Waals surface area contributed by atoms with Crippen molar-refractivity contribution in [2.75, 3.05) is 0 Å². The number of unbranched alkanes of at least 4 members (excludes halogenated alkanes) is 6. The minimum atomic E-state index is 0.116. The van der Waals surface area contributed by atoms with Crippen LogP contribution in [-0.4, -0.2) is 19.9 Å². The molecule has 2 heterocycles. The summed E-state index contributed by atoms with van der Waals surface area (Å²) in [5.74, 6) is 2.41. The summed E-state index contributed by atoms with van der Waals surface area (Å²) in [6.07, 6.45) is 22.2. The van der Waals surface area contributed by atoms with Gasteiger partial charge in [-0.05, 0) is 51.4 Å². The standard InChI is InChI=1S/2C24H46N2/c2*1-10-14-16-18-23(7,8)21-25-19(22(5,6)17-15-11-2)20(26-21)24(9,12-3)13-4/h2*10-18H2,1-9H3,(H,25,26). The van der Waals surface area contributed by atoms with Crippen molar-refractivity contribution in [3.8, 4) is 0 Å². The lowest BCUT2D eigenvalue weighted by Crippen LogP contribution is -2.28. The maximum absolute atomic E-state index is 5.29. The van der Waals surface area contributed by atoms with E-state index in [9.17, 15) is 0 Å². The number of imidazole rings is 2. The normalized spacial score (nSPS) is 13.4. The lowest BCUT2D eigenvalue weighted by atomic mass is 9.74. The molecule has 2 N–H and O–H groups in total. The second-order valence-electron chi connectivity index (χ2n) is 19.8. The molecule has 0 amide bonds. The second kappa shape index (κ2) is 20.9. The Morgan fingerprint density at radius 3 is 0.885 bits per heavy atom. The van der Waals surface area contributed by atoms with E-state index < -0.39 is 0 Å². The van der Waals surface area contributed by atoms with Crippen LogP contribution in [0.5, 0.6) is 0 Å². The van der Waals surface area contributed by atoms with E-state index in [0.717, 1.165) is 25.7 Å². The lowest BCUT2D eigenvalue weighted by Gasteiger charge is -2.32. The average Bonchev–Trinajstić information content (AvgIpc) is 3.79. The smallest absolute Gasteiger partial charge is 0.112 e. The van der Waals surface area contributed by atoms with Gasteiger partial charge in [0.2, 0.25) is 0 Å². The van der Waals surface area contributed by atoms with Crippen molar-refractivity contribution in [2.24, 2.45) is 0 Å². The molecular formula is C48H92N4. The molecule has 304 valence electrons. The van der Waals surface area contributed by atoms with Gasteiger partial charge in [0.1, 0.15) is 11.6 Å². The summed E-state index contributed by atoms with van der Waals surface area (Å²) in [6, 6.07) is 0. The molecule has 52 heavy (non-hydrogen) atoms. The van der Waals surface area contributed by atoms with E-state index >= 15 is 0 Å². The van der Waals surface area contributed by atoms with Gasteiger partial charge >= 0.3 is 0 Å². The first-order valence-corrected chi connectivity index (χ1v) is 22.4. The molecule has 0 aliphatic carbocycles. The Hall–Kier alpha value is -1.58. The molecule has 0 unspecified atom stereocenters. The van der Waals surface area contributed by atoms with Crippen molar-refractivity contribution < 1.29 is 0 Å². The monoisotopic (exact) mass is 725 g/mol. The van der Waals surface area contributed by atoms with Crippen molar-refractivity contribution in [2.45, 2.75) is 273 Å². The Morgan fingerprint density at radius 2 is 0.635 bits per heavy atom. The number of nitrogens with zero attached hydrogens (tertiary/aromatic N) is 2. The van der Waals surface area contributed by atoms with Gasteiger partial charge in [-0.3, -0.25) is 0 Å². The van der Waals surface area contributed by atoms with E-state index in [1.807, 2.05) is 0 Å². The maximum atomic E-state index is 5.29. The SMILES string of the molecule is CCCCCC(C)(C)c1nc(C(C)(C)CCCC)c(C(C)(CC)CC)[nH]1.CCCCCC(C)(C)c1nc(C(C)(C)CCCC)c(C(C)(CC)CC)[nH]1. The van der Waals surface area contributed by atoms with Gasteiger partial charge in [-0.25, -0.2) is 9.97 Å². The molecule has 0 spiro atoms. The molecule has 0 bridgehead atoms. The maximum Gasteiger partial charge on any atom is 0.112 e. The number of rotatable bonds is 24. The van der Waals surface area contributed by atoms with Gasteiger partial charge < -0.3 is 9.97 Å². The molecule has 0 aliphatic heterocycles. The molecule has 4 heteroatoms. The Bertz CT molecular complexity index is 1160. The summed E-state index contributed by atoms with van der Waals surface area (Å²) in [4.78, 5) is 18.3. The fraction of sp³-hybridized carbons (Fsp3) is 0.875. The predicted octanol–water partition coefficient (Wildman–Crippen LogP) is 15.6. The zero-order valence-corrected chi connectivity index (χ0v) is 38.6. The third kappa shape index (κ3) is 12.7. The summed E-state index contributed by atoms with van der Waals surface area (Å²) in [5.41, 5.74) is 6.33. The van der Waals surface area contributed by atoms with Crippen LogP contribution in [0, 0.1) is 0 Å². The molecule has 0 fully saturated rings. The Balaban J connectivity index is 0.000000520. The fourth-order valence-corrected chi connectivity index (χ4v) is 7.79. The summed E-state index contributed by atoms with van der Waals surface area (Å²) in [6.45, 7) is 42.2. The number of hydrogen-bond acceptors (Lipinski definition) is 2. The predicted molar refractivity (Wildman–Crippen MR) is 232 cm³/mol. The first-order valence-electron chi connectivity index (χ1n) is 22.4. The van der Waals surface area contributed by atoms with Gasteiger partial charge in [0.25, 0.3) is 0 Å². The second-order valence-corrected chi connectivity index (χ2v) is 19.8. The van der Waals surface area contributed by atoms with E-state index in [1.54, 1.807) is 0 Å². The molecule has 0 atom stereocenters. The number of aromatic amines is 2. The largest absolute Gasteiger partial charge is 0.345 e. The van der Waals surface area contributed by atoms with Crippen molar-refractivity contribution >= 4 is 0 Å². The summed E-state index contributed by atoms with van der Waals surface area (Å²) >= 11 is 0. The van der Waals surface area contributed by atoms with Gasteiger partial charge in [0.15, 0.2) is 0 Å². The molecule has 0 aromatic carbocycles. The Labute approximate surface area is 326 Å². The summed E-state index contributed by atoms with van der Waals surface area (Å²) in [7, 11) is 0. The third-order valence-electron chi connectivity index (χ3n) is 13.4. The molecule has 0 saturated heterocycles. The molecule has 2 aromatic heterocycles. The van der Waals surface area contributed by atoms with Crippen LogP contribution in [0.3, 0.4) is 0 Å². The van der Waals surface area contributed by atoms with E-state index in [2.05, 4.69) is 135 Å². The van der Waals surface area contributed by atoms with Gasteiger partial charge in [0, 0.05) is 43.9 Å². The van der Waals surface area contributed by atoms with Crippen LogP contribution in [0.25, 0.3) is 0 Å². The van der Waals surface area contributed by atoms with Gasteiger partial charge in [-0.15, -0.1) is 0 Å². The summed E-state index contributed by atoms with van der Waals surface area (Å²) in [5, 5.41) is 0. The average molecular weight is 725 g/mol. The van der Waals surface area contributed by atoms with Gasteiger partial charge in [-0.2, -0.15) is 0 Å². The van der Waals surface area contributed by atoms with Crippen LogP contribution in [0.15, 0.2) is 0 Å². The van der Waals surface area contributed by atoms with Crippen LogP contribution in [0.4, 0.5) is 0 Å². The van der Waals surface area contributed by atoms with Crippen molar-refractivity contribution in [1.29, 1.82) is 0 Å². The zero-order valence-electron chi connectivity index (χ0n) is 38.6. The van der Waals surface area contributed by atoms with Crippen LogP contribution < -0.4 is 0 Å². The lowest BCUT2D eigenvalue weighted by molar-refractivity contribution is 0.391. The van der Waals surface area contributed by atoms with Crippen molar-refractivity contribution in [3.63, 3.8) is 0 Å². The molecular weight excluding hydrogens is 633 g/mol. The van der Waals surface area contributed by atoms with Crippen LogP contribution in [0.2, 0.25) is 0 Å². The van der Waals surface area contributed by atoms with E-state index in [-0.39, 0.29) is 32.5 Å². The molecule has 2 rings (SSSR count). The number of aromatic nitrogens is 4. The molecule has 2 aromatic rings. The quantitative estimate of drug-likeness (QED) is 0.106. The molecule has 0 saturated carbocycles. The minimum Gasteiger partial charge on any atom is -0.345 e. The highest BCUT2D eigenvalue weighted by Crippen LogP contribution is 2.43. The Morgan fingerprint density at radius 1 is 0.365 bits per heavy atom. The van der Waals surface area contributed by atoms with E-state index in [1.165, 1.54) is 124 Å². The molecule has 4 nitrogen and oxygen atoms in total. The first kappa shape index (κ1) is 48.4. The third-order valence-corrected chi connectivity index (χ3v) is 13.4. The topological polar surface area (TPSA) is 57.4 Å². The highest BCUT2D eigenvalue weighted by Gasteiger charge is 2.39. The number of hydrogen-bond donors (Lipinski definition) is 2. The Kier molecular flexibility index (Phi) is 19.5. The van der Waals surface area contributed by atoms with Gasteiger partial charge in [-0.1, -0.05) is 189 Å². The van der Waals surface area contributed by atoms with Crippen LogP contribution in [0.1, 0.15) is 275 Å². The fourth-order valence-electron chi connectivity index (χ4n) is 7.79. The van der Waals surface area contributed by atoms with Crippen LogP contribution >= 0.6 is 0 Å². The van der Waals surface area contributed by atoms with E-state index in [0.29, 0.717) is 0 Å². The van der Waals surface area contributed by atoms with E-state index in [4.69, 9.17) is 9.97 Å². The zero-order chi connectivity index (χ0) is 40.0. The first-order chi connectivity index (χ1) is 24.1. The molecule has 0 aliphatic rings. The number of nitrogens with one attached hydrogen (secondary N) is 2. The van der Waals surface area contributed by atoms with Crippen molar-refractivity contribution in [3.05, 3.63) is 34.4 Å². The summed E-state index contributed by atoms with van der Waals surface area (Å²) < 4.78 is 0. The highest BCUT2D eigenvalue weighted by molar-refractivity contribution is 5.33. The number of H-pyrrole nitrogens is 2. The highest BCUT2D eigenvalue weighted by atomic mass is 15.0. The van der Waals surface area contributed by atoms with Crippen molar-refractivity contribution in [1.82, 2.24) is 19.9 Å². The molecule has 0 radical (unpaired) electrons. The minimum absolute atomic E-state index is 0.116.